The van der Waals surface area contributed by atoms with Crippen molar-refractivity contribution in [3.05, 3.63) is 46.2 Å². The van der Waals surface area contributed by atoms with Gasteiger partial charge in [-0.1, -0.05) is 25.1 Å². The Kier molecular flexibility index (Phi) is 3.78. The van der Waals surface area contributed by atoms with Crippen LogP contribution in [-0.4, -0.2) is 17.4 Å². The maximum Gasteiger partial charge on any atom is 0.251 e. The zero-order valence-corrected chi connectivity index (χ0v) is 12.2. The van der Waals surface area contributed by atoms with Crippen LogP contribution in [0.2, 0.25) is 0 Å². The summed E-state index contributed by atoms with van der Waals surface area (Å²) in [6.45, 7) is 2.49. The molecule has 1 saturated carbocycles. The lowest BCUT2D eigenvalue weighted by atomic mass is 10.1. The second-order valence-corrected chi connectivity index (χ2v) is 5.88. The van der Waals surface area contributed by atoms with Crippen molar-refractivity contribution in [3.63, 3.8) is 0 Å². The molecule has 1 atom stereocenters. The summed E-state index contributed by atoms with van der Waals surface area (Å²) in [4.78, 5) is 26.8. The molecule has 1 unspecified atom stereocenters. The topological polar surface area (TPSA) is 62.0 Å². The Balaban J connectivity index is 1.63. The van der Waals surface area contributed by atoms with Crippen LogP contribution in [0.3, 0.4) is 0 Å². The van der Waals surface area contributed by atoms with Crippen LogP contribution in [0.5, 0.6) is 0 Å². The first-order valence-corrected chi connectivity index (χ1v) is 7.54. The molecular formula is C17H20N2O2. The molecule has 1 aromatic heterocycles. The van der Waals surface area contributed by atoms with Gasteiger partial charge in [0.25, 0.3) is 5.56 Å². The first-order chi connectivity index (χ1) is 10.1. The molecule has 1 aliphatic rings. The van der Waals surface area contributed by atoms with Crippen molar-refractivity contribution in [1.29, 1.82) is 0 Å². The first kappa shape index (κ1) is 13.9. The van der Waals surface area contributed by atoms with Crippen LogP contribution >= 0.6 is 0 Å². The summed E-state index contributed by atoms with van der Waals surface area (Å²) in [6, 6.07) is 9.62. The zero-order chi connectivity index (χ0) is 14.8. The molecule has 4 nitrogen and oxygen atoms in total. The highest BCUT2D eigenvalue weighted by molar-refractivity contribution is 5.79. The maximum absolute atomic E-state index is 12.0. The van der Waals surface area contributed by atoms with Gasteiger partial charge in [0.05, 0.1) is 0 Å². The van der Waals surface area contributed by atoms with Gasteiger partial charge < -0.3 is 10.3 Å². The van der Waals surface area contributed by atoms with E-state index in [4.69, 9.17) is 0 Å². The van der Waals surface area contributed by atoms with E-state index in [1.807, 2.05) is 37.3 Å². The van der Waals surface area contributed by atoms with Crippen molar-refractivity contribution in [2.45, 2.75) is 26.2 Å². The van der Waals surface area contributed by atoms with Crippen molar-refractivity contribution < 1.29 is 4.79 Å². The minimum Gasteiger partial charge on any atom is -0.356 e. The fourth-order valence-electron chi connectivity index (χ4n) is 2.67. The predicted octanol–water partition coefficient (Wildman–Crippen LogP) is 2.23. The monoisotopic (exact) mass is 284 g/mol. The number of hydrogen-bond donors (Lipinski definition) is 2. The van der Waals surface area contributed by atoms with E-state index >= 15 is 0 Å². The Bertz CT molecular complexity index is 716. The zero-order valence-electron chi connectivity index (χ0n) is 12.2. The molecule has 0 spiro atoms. The van der Waals surface area contributed by atoms with Gasteiger partial charge in [-0.15, -0.1) is 0 Å². The van der Waals surface area contributed by atoms with E-state index in [9.17, 15) is 9.59 Å². The molecule has 1 amide bonds. The van der Waals surface area contributed by atoms with E-state index in [1.165, 1.54) is 12.8 Å². The number of pyridine rings is 1. The van der Waals surface area contributed by atoms with Crippen LogP contribution in [0.4, 0.5) is 0 Å². The third-order valence-corrected chi connectivity index (χ3v) is 4.27. The SMILES string of the molecule is CC(C(=O)NCCc1cc2ccccc2[nH]c1=O)C1CC1. The molecule has 0 radical (unpaired) electrons. The molecule has 110 valence electrons. The molecule has 3 rings (SSSR count). The molecule has 2 N–H and O–H groups in total. The van der Waals surface area contributed by atoms with Crippen LogP contribution in [0, 0.1) is 11.8 Å². The predicted molar refractivity (Wildman–Crippen MR) is 83.2 cm³/mol. The van der Waals surface area contributed by atoms with Gasteiger partial charge in [0.1, 0.15) is 0 Å². The Hall–Kier alpha value is -2.10. The molecule has 0 saturated heterocycles. The second kappa shape index (κ2) is 5.72. The third-order valence-electron chi connectivity index (χ3n) is 4.27. The quantitative estimate of drug-likeness (QED) is 0.884. The Morgan fingerprint density at radius 1 is 1.38 bits per heavy atom. The Morgan fingerprint density at radius 2 is 2.14 bits per heavy atom. The van der Waals surface area contributed by atoms with E-state index in [-0.39, 0.29) is 17.4 Å². The summed E-state index contributed by atoms with van der Waals surface area (Å²) in [5.41, 5.74) is 1.49. The summed E-state index contributed by atoms with van der Waals surface area (Å²) in [7, 11) is 0. The molecule has 0 bridgehead atoms. The van der Waals surface area contributed by atoms with Crippen LogP contribution in [0.1, 0.15) is 25.3 Å². The lowest BCUT2D eigenvalue weighted by Crippen LogP contribution is -2.32. The summed E-state index contributed by atoms with van der Waals surface area (Å²) < 4.78 is 0. The molecule has 1 heterocycles. The minimum atomic E-state index is -0.0711. The lowest BCUT2D eigenvalue weighted by Gasteiger charge is -2.11. The van der Waals surface area contributed by atoms with Gasteiger partial charge in [0.15, 0.2) is 0 Å². The molecule has 1 aliphatic carbocycles. The van der Waals surface area contributed by atoms with Gasteiger partial charge in [-0.25, -0.2) is 0 Å². The molecule has 4 heteroatoms. The van der Waals surface area contributed by atoms with Gasteiger partial charge >= 0.3 is 0 Å². The number of hydrogen-bond acceptors (Lipinski definition) is 2. The standard InChI is InChI=1S/C17H20N2O2/c1-11(12-6-7-12)16(20)18-9-8-14-10-13-4-2-3-5-15(13)19-17(14)21/h2-5,10-12H,6-9H2,1H3,(H,18,20)(H,19,21). The molecular weight excluding hydrogens is 264 g/mol. The van der Waals surface area contributed by atoms with E-state index in [2.05, 4.69) is 10.3 Å². The van der Waals surface area contributed by atoms with Gasteiger partial charge in [-0.3, -0.25) is 9.59 Å². The van der Waals surface area contributed by atoms with Crippen LogP contribution in [0.15, 0.2) is 35.1 Å². The number of carbonyl (C=O) groups is 1. The number of aromatic nitrogens is 1. The summed E-state index contributed by atoms with van der Waals surface area (Å²) in [5.74, 6) is 0.767. The molecule has 21 heavy (non-hydrogen) atoms. The van der Waals surface area contributed by atoms with E-state index < -0.39 is 0 Å². The highest BCUT2D eigenvalue weighted by Crippen LogP contribution is 2.36. The molecule has 0 aliphatic heterocycles. The lowest BCUT2D eigenvalue weighted by molar-refractivity contribution is -0.125. The van der Waals surface area contributed by atoms with Crippen molar-refractivity contribution >= 4 is 16.8 Å². The summed E-state index contributed by atoms with van der Waals surface area (Å²) in [5, 5.41) is 3.95. The Labute approximate surface area is 123 Å². The third kappa shape index (κ3) is 3.15. The summed E-state index contributed by atoms with van der Waals surface area (Å²) >= 11 is 0. The first-order valence-electron chi connectivity index (χ1n) is 7.54. The van der Waals surface area contributed by atoms with E-state index in [1.54, 1.807) is 0 Å². The van der Waals surface area contributed by atoms with Gasteiger partial charge in [-0.05, 0) is 42.7 Å². The number of amides is 1. The number of nitrogens with one attached hydrogen (secondary N) is 2. The van der Waals surface area contributed by atoms with Gasteiger partial charge in [0.2, 0.25) is 5.91 Å². The van der Waals surface area contributed by atoms with Gasteiger partial charge in [0, 0.05) is 23.5 Å². The smallest absolute Gasteiger partial charge is 0.251 e. The maximum atomic E-state index is 12.0. The van der Waals surface area contributed by atoms with Crippen LogP contribution < -0.4 is 10.9 Å². The summed E-state index contributed by atoms with van der Waals surface area (Å²) in [6.07, 6.45) is 2.89. The largest absolute Gasteiger partial charge is 0.356 e. The second-order valence-electron chi connectivity index (χ2n) is 5.88. The average Bonchev–Trinajstić information content (AvgIpc) is 3.31. The van der Waals surface area contributed by atoms with Crippen molar-refractivity contribution in [2.75, 3.05) is 6.54 Å². The van der Waals surface area contributed by atoms with E-state index in [0.717, 1.165) is 10.9 Å². The highest BCUT2D eigenvalue weighted by Gasteiger charge is 2.32. The molecule has 2 aromatic rings. The normalized spacial score (nSPS) is 15.9. The number of carbonyl (C=O) groups excluding carboxylic acids is 1. The number of benzene rings is 1. The number of H-pyrrole nitrogens is 1. The van der Waals surface area contributed by atoms with Crippen molar-refractivity contribution in [2.24, 2.45) is 11.8 Å². The van der Waals surface area contributed by atoms with Crippen molar-refractivity contribution in [1.82, 2.24) is 10.3 Å². The fourth-order valence-corrected chi connectivity index (χ4v) is 2.67. The average molecular weight is 284 g/mol. The molecule has 1 aromatic carbocycles. The van der Waals surface area contributed by atoms with E-state index in [0.29, 0.717) is 24.4 Å². The highest BCUT2D eigenvalue weighted by atomic mass is 16.2. The number of para-hydroxylation sites is 1. The molecule has 1 fully saturated rings. The number of rotatable bonds is 5. The fraction of sp³-hybridized carbons (Fsp3) is 0.412. The van der Waals surface area contributed by atoms with Crippen LogP contribution in [-0.2, 0) is 11.2 Å². The number of aromatic amines is 1. The number of fused-ring (bicyclic) bond motifs is 1. The van der Waals surface area contributed by atoms with Gasteiger partial charge in [-0.2, -0.15) is 0 Å². The minimum absolute atomic E-state index is 0.0711. The van der Waals surface area contributed by atoms with Crippen LogP contribution in [0.25, 0.3) is 10.9 Å². The Morgan fingerprint density at radius 3 is 2.90 bits per heavy atom. The van der Waals surface area contributed by atoms with Crippen molar-refractivity contribution in [3.8, 4) is 0 Å².